The second kappa shape index (κ2) is 5.32. The highest BCUT2D eigenvalue weighted by molar-refractivity contribution is 5.20. The van der Waals surface area contributed by atoms with E-state index in [-0.39, 0.29) is 0 Å². The van der Waals surface area contributed by atoms with Gasteiger partial charge in [-0.2, -0.15) is 0 Å². The van der Waals surface area contributed by atoms with Crippen LogP contribution in [0.1, 0.15) is 23.5 Å². The van der Waals surface area contributed by atoms with Crippen molar-refractivity contribution in [3.63, 3.8) is 0 Å². The van der Waals surface area contributed by atoms with Crippen molar-refractivity contribution in [2.75, 3.05) is 20.1 Å². The molecule has 1 aromatic heterocycles. The van der Waals surface area contributed by atoms with Gasteiger partial charge in [-0.15, -0.1) is 0 Å². The Hall–Kier alpha value is -1.06. The van der Waals surface area contributed by atoms with Crippen LogP contribution in [0, 0.1) is 6.92 Å². The van der Waals surface area contributed by atoms with E-state index in [0.29, 0.717) is 0 Å². The van der Waals surface area contributed by atoms with Crippen LogP contribution in [-0.2, 0) is 13.1 Å². The fourth-order valence-corrected chi connectivity index (χ4v) is 2.09. The molecular weight excluding hydrogens is 200 g/mol. The Morgan fingerprint density at radius 2 is 2.31 bits per heavy atom. The third-order valence-electron chi connectivity index (χ3n) is 2.96. The molecule has 0 aromatic carbocycles. The highest BCUT2D eigenvalue weighted by Crippen LogP contribution is 2.17. The molecule has 0 atom stereocenters. The smallest absolute Gasteiger partial charge is 0.118 e. The zero-order chi connectivity index (χ0) is 11.4. The average Bonchev–Trinajstić information content (AvgIpc) is 2.61. The molecule has 1 aliphatic heterocycles. The summed E-state index contributed by atoms with van der Waals surface area (Å²) < 4.78 is 5.76. The highest BCUT2D eigenvalue weighted by Gasteiger charge is 2.11. The summed E-state index contributed by atoms with van der Waals surface area (Å²) in [6, 6.07) is 2.17. The molecule has 0 amide bonds. The van der Waals surface area contributed by atoms with Gasteiger partial charge in [-0.3, -0.25) is 4.90 Å². The second-order valence-electron chi connectivity index (χ2n) is 4.32. The van der Waals surface area contributed by atoms with Gasteiger partial charge in [0, 0.05) is 25.2 Å². The maximum atomic E-state index is 5.76. The molecule has 1 aromatic rings. The Morgan fingerprint density at radius 3 is 3.00 bits per heavy atom. The quantitative estimate of drug-likeness (QED) is 0.787. The molecule has 0 spiro atoms. The standard InChI is InChI=1S/C13H20N2O/c1-11-12(9-14-2)8-13(16-11)10-15-6-4-3-5-7-15/h3-4,8,14H,5-7,9-10H2,1-2H3. The third-order valence-corrected chi connectivity index (χ3v) is 2.96. The first-order valence-electron chi connectivity index (χ1n) is 5.89. The fourth-order valence-electron chi connectivity index (χ4n) is 2.09. The van der Waals surface area contributed by atoms with Gasteiger partial charge in [-0.1, -0.05) is 12.2 Å². The van der Waals surface area contributed by atoms with Gasteiger partial charge >= 0.3 is 0 Å². The predicted octanol–water partition coefficient (Wildman–Crippen LogP) is 2.07. The molecule has 0 saturated carbocycles. The lowest BCUT2D eigenvalue weighted by Gasteiger charge is -2.21. The van der Waals surface area contributed by atoms with Crippen LogP contribution in [0.25, 0.3) is 0 Å². The molecule has 88 valence electrons. The molecule has 0 radical (unpaired) electrons. The first kappa shape index (κ1) is 11.4. The van der Waals surface area contributed by atoms with Crippen LogP contribution >= 0.6 is 0 Å². The number of nitrogens with zero attached hydrogens (tertiary/aromatic N) is 1. The SMILES string of the molecule is CNCc1cc(CN2CC=CCC2)oc1C. The van der Waals surface area contributed by atoms with Crippen molar-refractivity contribution in [3.05, 3.63) is 35.3 Å². The molecule has 1 aliphatic rings. The molecular formula is C13H20N2O. The number of aryl methyl sites for hydroxylation is 1. The summed E-state index contributed by atoms with van der Waals surface area (Å²) in [6.45, 7) is 6.02. The highest BCUT2D eigenvalue weighted by atomic mass is 16.3. The van der Waals surface area contributed by atoms with E-state index in [1.54, 1.807) is 0 Å². The average molecular weight is 220 g/mol. The van der Waals surface area contributed by atoms with E-state index >= 15 is 0 Å². The van der Waals surface area contributed by atoms with Crippen LogP contribution in [0.2, 0.25) is 0 Å². The van der Waals surface area contributed by atoms with Crippen molar-refractivity contribution in [1.82, 2.24) is 10.2 Å². The normalized spacial score (nSPS) is 16.9. The summed E-state index contributed by atoms with van der Waals surface area (Å²) in [7, 11) is 1.96. The van der Waals surface area contributed by atoms with Gasteiger partial charge in [0.1, 0.15) is 11.5 Å². The lowest BCUT2D eigenvalue weighted by molar-refractivity contribution is 0.263. The molecule has 1 N–H and O–H groups in total. The lowest BCUT2D eigenvalue weighted by Crippen LogP contribution is -2.26. The van der Waals surface area contributed by atoms with Crippen molar-refractivity contribution in [3.8, 4) is 0 Å². The Labute approximate surface area is 97.1 Å². The maximum absolute atomic E-state index is 5.76. The molecule has 0 bridgehead atoms. The minimum absolute atomic E-state index is 0.884. The van der Waals surface area contributed by atoms with Crippen LogP contribution < -0.4 is 5.32 Å². The predicted molar refractivity (Wildman–Crippen MR) is 65.2 cm³/mol. The summed E-state index contributed by atoms with van der Waals surface area (Å²) in [5.41, 5.74) is 1.27. The van der Waals surface area contributed by atoms with E-state index in [1.807, 2.05) is 14.0 Å². The first-order valence-corrected chi connectivity index (χ1v) is 5.89. The van der Waals surface area contributed by atoms with Crippen LogP contribution in [0.5, 0.6) is 0 Å². The number of rotatable bonds is 4. The van der Waals surface area contributed by atoms with Gasteiger partial charge in [0.2, 0.25) is 0 Å². The Morgan fingerprint density at radius 1 is 1.44 bits per heavy atom. The summed E-state index contributed by atoms with van der Waals surface area (Å²) in [5, 5.41) is 3.16. The Kier molecular flexibility index (Phi) is 3.80. The van der Waals surface area contributed by atoms with Gasteiger partial charge in [0.05, 0.1) is 6.54 Å². The Bertz CT molecular complexity index is 368. The van der Waals surface area contributed by atoms with Crippen LogP contribution in [0.15, 0.2) is 22.6 Å². The van der Waals surface area contributed by atoms with Crippen LogP contribution in [0.3, 0.4) is 0 Å². The van der Waals surface area contributed by atoms with Crippen molar-refractivity contribution in [1.29, 1.82) is 0 Å². The third kappa shape index (κ3) is 2.74. The van der Waals surface area contributed by atoms with Crippen molar-refractivity contribution in [2.24, 2.45) is 0 Å². The van der Waals surface area contributed by atoms with Crippen molar-refractivity contribution < 1.29 is 4.42 Å². The van der Waals surface area contributed by atoms with Crippen LogP contribution in [-0.4, -0.2) is 25.0 Å². The summed E-state index contributed by atoms with van der Waals surface area (Å²) in [5.74, 6) is 2.12. The number of furan rings is 1. The molecule has 2 heterocycles. The maximum Gasteiger partial charge on any atom is 0.118 e. The van der Waals surface area contributed by atoms with Gasteiger partial charge in [0.15, 0.2) is 0 Å². The molecule has 0 unspecified atom stereocenters. The van der Waals surface area contributed by atoms with E-state index < -0.39 is 0 Å². The van der Waals surface area contributed by atoms with Gasteiger partial charge in [-0.25, -0.2) is 0 Å². The second-order valence-corrected chi connectivity index (χ2v) is 4.32. The van der Waals surface area contributed by atoms with E-state index in [9.17, 15) is 0 Å². The minimum atomic E-state index is 0.884. The Balaban J connectivity index is 1.98. The van der Waals surface area contributed by atoms with Gasteiger partial charge < -0.3 is 9.73 Å². The van der Waals surface area contributed by atoms with Crippen molar-refractivity contribution in [2.45, 2.75) is 26.4 Å². The first-order chi connectivity index (χ1) is 7.79. The van der Waals surface area contributed by atoms with Crippen molar-refractivity contribution >= 4 is 0 Å². The molecule has 16 heavy (non-hydrogen) atoms. The topological polar surface area (TPSA) is 28.4 Å². The fraction of sp³-hybridized carbons (Fsp3) is 0.538. The summed E-state index contributed by atoms with van der Waals surface area (Å²) in [6.07, 6.45) is 5.63. The minimum Gasteiger partial charge on any atom is -0.465 e. The van der Waals surface area contributed by atoms with Gasteiger partial charge in [-0.05, 0) is 26.5 Å². The molecule has 2 rings (SSSR count). The number of hydrogen-bond donors (Lipinski definition) is 1. The lowest BCUT2D eigenvalue weighted by atomic mass is 10.2. The van der Waals surface area contributed by atoms with E-state index in [4.69, 9.17) is 4.42 Å². The van der Waals surface area contributed by atoms with Gasteiger partial charge in [0.25, 0.3) is 0 Å². The monoisotopic (exact) mass is 220 g/mol. The zero-order valence-corrected chi connectivity index (χ0v) is 10.1. The van der Waals surface area contributed by atoms with E-state index in [1.165, 1.54) is 5.56 Å². The molecule has 0 saturated heterocycles. The number of nitrogens with one attached hydrogen (secondary N) is 1. The van der Waals surface area contributed by atoms with E-state index in [2.05, 4.69) is 28.4 Å². The molecule has 0 aliphatic carbocycles. The number of hydrogen-bond acceptors (Lipinski definition) is 3. The molecule has 3 heteroatoms. The molecule has 0 fully saturated rings. The summed E-state index contributed by atoms with van der Waals surface area (Å²) in [4.78, 5) is 2.40. The van der Waals surface area contributed by atoms with E-state index in [0.717, 1.165) is 44.1 Å². The summed E-state index contributed by atoms with van der Waals surface area (Å²) >= 11 is 0. The zero-order valence-electron chi connectivity index (χ0n) is 10.1. The largest absolute Gasteiger partial charge is 0.465 e. The molecule has 3 nitrogen and oxygen atoms in total. The van der Waals surface area contributed by atoms with Crippen LogP contribution in [0.4, 0.5) is 0 Å².